The van der Waals surface area contributed by atoms with Gasteiger partial charge < -0.3 is 9.80 Å². The summed E-state index contributed by atoms with van der Waals surface area (Å²) >= 11 is 6.23. The Kier molecular flexibility index (Phi) is 6.93. The quantitative estimate of drug-likeness (QED) is 0.706. The topological polar surface area (TPSA) is 47.6 Å². The molecule has 0 bridgehead atoms. The number of para-hydroxylation sites is 1. The highest BCUT2D eigenvalue weighted by Crippen LogP contribution is 2.32. The van der Waals surface area contributed by atoms with Gasteiger partial charge in [-0.05, 0) is 49.1 Å². The number of carbonyl (C=O) groups is 1. The van der Waals surface area contributed by atoms with Crippen molar-refractivity contribution in [2.75, 3.05) is 31.6 Å². The number of hydrazine groups is 1. The molecule has 4 rings (SSSR count). The molecule has 2 heterocycles. The molecule has 160 valence electrons. The molecule has 2 aromatic rings. The number of rotatable bonds is 7. The lowest BCUT2D eigenvalue weighted by Crippen LogP contribution is -2.49. The Morgan fingerprint density at radius 2 is 2.03 bits per heavy atom. The third-order valence-corrected chi connectivity index (χ3v) is 6.65. The van der Waals surface area contributed by atoms with Gasteiger partial charge in [0.25, 0.3) is 0 Å². The largest absolute Gasteiger partial charge is 0.375 e. The highest BCUT2D eigenvalue weighted by molar-refractivity contribution is 6.30. The van der Waals surface area contributed by atoms with Crippen molar-refractivity contribution >= 4 is 23.2 Å². The fraction of sp³-hybridized carbons (Fsp3) is 0.458. The molecule has 2 saturated heterocycles. The second kappa shape index (κ2) is 9.82. The molecule has 2 aromatic carbocycles. The summed E-state index contributed by atoms with van der Waals surface area (Å²) in [5.74, 6) is 0.587. The van der Waals surface area contributed by atoms with E-state index in [4.69, 9.17) is 11.6 Å². The van der Waals surface area contributed by atoms with Crippen LogP contribution in [0, 0.1) is 0 Å². The van der Waals surface area contributed by atoms with Gasteiger partial charge in [-0.15, -0.1) is 0 Å². The fourth-order valence-electron chi connectivity index (χ4n) is 4.84. The molecule has 30 heavy (non-hydrogen) atoms. The van der Waals surface area contributed by atoms with Crippen molar-refractivity contribution in [2.45, 2.75) is 43.7 Å². The molecule has 2 aliphatic heterocycles. The average Bonchev–Trinajstić information content (AvgIpc) is 3.43. The van der Waals surface area contributed by atoms with Crippen molar-refractivity contribution in [1.29, 1.82) is 0 Å². The van der Waals surface area contributed by atoms with E-state index in [2.05, 4.69) is 52.0 Å². The van der Waals surface area contributed by atoms with E-state index in [1.54, 1.807) is 0 Å². The van der Waals surface area contributed by atoms with E-state index >= 15 is 0 Å². The second-order valence-electron chi connectivity index (χ2n) is 8.37. The smallest absolute Gasteiger partial charge is 0.222 e. The molecule has 5 nitrogen and oxygen atoms in total. The summed E-state index contributed by atoms with van der Waals surface area (Å²) in [5, 5.41) is 0.764. The maximum absolute atomic E-state index is 13.1. The van der Waals surface area contributed by atoms with Crippen molar-refractivity contribution in [3.8, 4) is 0 Å². The number of benzene rings is 2. The number of amides is 1. The van der Waals surface area contributed by atoms with Crippen LogP contribution in [0.25, 0.3) is 0 Å². The molecular formula is C24H31ClN4O. The highest BCUT2D eigenvalue weighted by Gasteiger charge is 2.41. The molecule has 3 unspecified atom stereocenters. The molecule has 0 spiro atoms. The molecule has 0 radical (unpaired) electrons. The minimum absolute atomic E-state index is 0.210. The van der Waals surface area contributed by atoms with Gasteiger partial charge in [0.2, 0.25) is 5.91 Å². The third-order valence-electron chi connectivity index (χ3n) is 6.42. The number of carbonyl (C=O) groups excluding carboxylic acids is 1. The van der Waals surface area contributed by atoms with Gasteiger partial charge >= 0.3 is 0 Å². The molecule has 3 atom stereocenters. The van der Waals surface area contributed by atoms with Crippen LogP contribution < -0.4 is 15.8 Å². The summed E-state index contributed by atoms with van der Waals surface area (Å²) in [5.41, 5.74) is 9.19. The zero-order valence-corrected chi connectivity index (χ0v) is 18.3. The monoisotopic (exact) mass is 426 g/mol. The maximum Gasteiger partial charge on any atom is 0.222 e. The molecule has 0 saturated carbocycles. The first-order valence-corrected chi connectivity index (χ1v) is 11.3. The van der Waals surface area contributed by atoms with Gasteiger partial charge in [-0.1, -0.05) is 41.9 Å². The Morgan fingerprint density at radius 1 is 1.20 bits per heavy atom. The molecule has 0 aromatic heterocycles. The van der Waals surface area contributed by atoms with Gasteiger partial charge in [0.1, 0.15) is 0 Å². The van der Waals surface area contributed by atoms with E-state index in [0.717, 1.165) is 43.9 Å². The average molecular weight is 427 g/mol. The van der Waals surface area contributed by atoms with E-state index in [1.165, 1.54) is 11.3 Å². The number of likely N-dealkylation sites (tertiary alicyclic amines) is 1. The van der Waals surface area contributed by atoms with Crippen LogP contribution in [0.15, 0.2) is 54.6 Å². The van der Waals surface area contributed by atoms with Gasteiger partial charge in [-0.2, -0.15) is 0 Å². The zero-order chi connectivity index (χ0) is 20.9. The first-order chi connectivity index (χ1) is 14.6. The number of nitrogens with one attached hydrogen (secondary N) is 2. The van der Waals surface area contributed by atoms with E-state index in [1.807, 2.05) is 30.3 Å². The lowest BCUT2D eigenvalue weighted by Gasteiger charge is -2.33. The Morgan fingerprint density at radius 3 is 2.83 bits per heavy atom. The molecule has 0 aliphatic carbocycles. The Labute approximate surface area is 184 Å². The van der Waals surface area contributed by atoms with Gasteiger partial charge in [0, 0.05) is 61.8 Å². The first-order valence-electron chi connectivity index (χ1n) is 10.9. The second-order valence-corrected chi connectivity index (χ2v) is 8.81. The number of nitrogens with zero attached hydrogens (tertiary/aromatic N) is 2. The van der Waals surface area contributed by atoms with Crippen LogP contribution in [-0.2, 0) is 4.79 Å². The lowest BCUT2D eigenvalue weighted by atomic mass is 9.87. The van der Waals surface area contributed by atoms with Crippen molar-refractivity contribution in [1.82, 2.24) is 15.8 Å². The molecule has 2 fully saturated rings. The lowest BCUT2D eigenvalue weighted by molar-refractivity contribution is -0.132. The molecule has 6 heteroatoms. The predicted molar refractivity (Wildman–Crippen MR) is 123 cm³/mol. The maximum atomic E-state index is 13.1. The summed E-state index contributed by atoms with van der Waals surface area (Å²) in [6.45, 7) is 2.59. The van der Waals surface area contributed by atoms with Crippen molar-refractivity contribution in [3.63, 3.8) is 0 Å². The van der Waals surface area contributed by atoms with Gasteiger partial charge in [-0.3, -0.25) is 15.6 Å². The van der Waals surface area contributed by atoms with Crippen LogP contribution in [0.2, 0.25) is 5.02 Å². The summed E-state index contributed by atoms with van der Waals surface area (Å²) in [6, 6.07) is 18.9. The molecule has 1 amide bonds. The normalized spacial score (nSPS) is 23.7. The van der Waals surface area contributed by atoms with E-state index < -0.39 is 0 Å². The molecular weight excluding hydrogens is 396 g/mol. The van der Waals surface area contributed by atoms with E-state index in [9.17, 15) is 4.79 Å². The summed E-state index contributed by atoms with van der Waals surface area (Å²) in [7, 11) is 2.09. The van der Waals surface area contributed by atoms with E-state index in [-0.39, 0.29) is 18.0 Å². The summed E-state index contributed by atoms with van der Waals surface area (Å²) in [4.78, 5) is 17.4. The van der Waals surface area contributed by atoms with Crippen LogP contribution >= 0.6 is 11.6 Å². The minimum Gasteiger partial charge on any atom is -0.375 e. The zero-order valence-electron chi connectivity index (χ0n) is 17.6. The Balaban J connectivity index is 1.35. The molecule has 2 N–H and O–H groups in total. The number of hydrogen-bond donors (Lipinski definition) is 2. The van der Waals surface area contributed by atoms with Crippen molar-refractivity contribution < 1.29 is 4.79 Å². The van der Waals surface area contributed by atoms with Crippen LogP contribution in [0.1, 0.15) is 37.2 Å². The predicted octanol–water partition coefficient (Wildman–Crippen LogP) is 3.81. The number of hydrogen-bond acceptors (Lipinski definition) is 4. The minimum atomic E-state index is 0.210. The van der Waals surface area contributed by atoms with Crippen molar-refractivity contribution in [3.05, 3.63) is 65.2 Å². The highest BCUT2D eigenvalue weighted by atomic mass is 35.5. The van der Waals surface area contributed by atoms with Crippen molar-refractivity contribution in [2.24, 2.45) is 0 Å². The summed E-state index contributed by atoms with van der Waals surface area (Å²) < 4.78 is 0. The molecule has 2 aliphatic rings. The van der Waals surface area contributed by atoms with Crippen LogP contribution in [0.4, 0.5) is 5.69 Å². The Hall–Kier alpha value is -2.08. The van der Waals surface area contributed by atoms with Gasteiger partial charge in [-0.25, -0.2) is 0 Å². The first kappa shape index (κ1) is 21.2. The third kappa shape index (κ3) is 4.80. The van der Waals surface area contributed by atoms with Crippen LogP contribution in [0.3, 0.4) is 0 Å². The summed E-state index contributed by atoms with van der Waals surface area (Å²) in [6.07, 6.45) is 3.57. The standard InChI is InChI=1S/C24H31ClN4O/c1-28(20-10-3-2-4-11-20)14-7-13-23(30)29-15-6-12-22(29)24-21(17-26-27-24)18-8-5-9-19(25)16-18/h2-5,8-11,16,21-22,24,26-27H,6-7,12-15,17H2,1H3. The van der Waals surface area contributed by atoms with Gasteiger partial charge in [0.15, 0.2) is 0 Å². The Bertz CT molecular complexity index is 846. The van der Waals surface area contributed by atoms with Crippen LogP contribution in [-0.4, -0.2) is 49.6 Å². The fourth-order valence-corrected chi connectivity index (χ4v) is 5.04. The SMILES string of the molecule is CN(CCCC(=O)N1CCCC1C1NNCC1c1cccc(Cl)c1)c1ccccc1. The van der Waals surface area contributed by atoms with Gasteiger partial charge in [0.05, 0.1) is 0 Å². The number of halogens is 1. The van der Waals surface area contributed by atoms with E-state index in [0.29, 0.717) is 12.3 Å². The number of anilines is 1. The van der Waals surface area contributed by atoms with Crippen LogP contribution in [0.5, 0.6) is 0 Å².